The van der Waals surface area contributed by atoms with E-state index in [1.165, 1.54) is 12.7 Å². The van der Waals surface area contributed by atoms with Gasteiger partial charge < -0.3 is 25.6 Å². The Morgan fingerprint density at radius 3 is 2.59 bits per heavy atom. The number of imidazole rings is 1. The molecule has 0 saturated heterocycles. The molecule has 32 heavy (non-hydrogen) atoms. The van der Waals surface area contributed by atoms with E-state index in [1.54, 1.807) is 25.1 Å². The van der Waals surface area contributed by atoms with E-state index in [0.29, 0.717) is 51.0 Å². The summed E-state index contributed by atoms with van der Waals surface area (Å²) < 4.78 is 0. The minimum absolute atomic E-state index is 0.274. The van der Waals surface area contributed by atoms with Gasteiger partial charge >= 0.3 is 0 Å². The van der Waals surface area contributed by atoms with Crippen molar-refractivity contribution in [3.8, 4) is 0 Å². The van der Waals surface area contributed by atoms with Gasteiger partial charge in [-0.15, -0.1) is 0 Å². The number of benzene rings is 1. The molecule has 4 rings (SSSR count). The molecule has 4 atom stereocenters. The lowest BCUT2D eigenvalue weighted by Gasteiger charge is -2.22. The lowest BCUT2D eigenvalue weighted by atomic mass is 9.92. The Labute approximate surface area is 194 Å². The quantitative estimate of drug-likeness (QED) is 0.361. The van der Waals surface area contributed by atoms with E-state index in [4.69, 9.17) is 23.2 Å². The molecule has 3 aromatic rings. The number of amides is 1. The number of anilines is 1. The van der Waals surface area contributed by atoms with E-state index >= 15 is 0 Å². The molecule has 0 spiro atoms. The fourth-order valence-electron chi connectivity index (χ4n) is 3.35. The van der Waals surface area contributed by atoms with Gasteiger partial charge in [-0.3, -0.25) is 4.79 Å². The third-order valence-electron chi connectivity index (χ3n) is 5.16. The van der Waals surface area contributed by atoms with Crippen molar-refractivity contribution < 1.29 is 20.1 Å². The Bertz CT molecular complexity index is 1120. The number of rotatable bonds is 4. The Morgan fingerprint density at radius 2 is 1.97 bits per heavy atom. The van der Waals surface area contributed by atoms with Gasteiger partial charge in [-0.05, 0) is 37.5 Å². The van der Waals surface area contributed by atoms with Crippen LogP contribution in [0.2, 0.25) is 10.0 Å². The normalized spacial score (nSPS) is 21.0. The number of H-pyrrole nitrogens is 1. The zero-order valence-electron chi connectivity index (χ0n) is 17.2. The summed E-state index contributed by atoms with van der Waals surface area (Å²) in [4.78, 5) is 26.0. The number of aliphatic hydroxyl groups is 3. The van der Waals surface area contributed by atoms with E-state index in [2.05, 4.69) is 31.8 Å². The molecule has 1 fully saturated rings. The van der Waals surface area contributed by atoms with Crippen LogP contribution in [0.1, 0.15) is 31.4 Å². The summed E-state index contributed by atoms with van der Waals surface area (Å²) in [6.07, 6.45) is 1.45. The Hall–Kier alpha value is -2.56. The smallest absolute Gasteiger partial charge is 0.251 e. The van der Waals surface area contributed by atoms with Crippen LogP contribution in [0, 0.1) is 5.92 Å². The van der Waals surface area contributed by atoms with Crippen LogP contribution in [0.25, 0.3) is 11.2 Å². The largest absolute Gasteiger partial charge is 0.390 e. The summed E-state index contributed by atoms with van der Waals surface area (Å²) in [5, 5.41) is 32.8. The van der Waals surface area contributed by atoms with E-state index in [0.717, 1.165) is 0 Å². The van der Waals surface area contributed by atoms with Gasteiger partial charge in [0.05, 0.1) is 34.7 Å². The van der Waals surface area contributed by atoms with Crippen LogP contribution in [0.15, 0.2) is 43.0 Å². The van der Waals surface area contributed by atoms with Crippen molar-refractivity contribution in [1.82, 2.24) is 19.9 Å². The number of hydrogen-bond donors (Lipinski definition) is 5. The van der Waals surface area contributed by atoms with E-state index in [9.17, 15) is 20.1 Å². The van der Waals surface area contributed by atoms with Gasteiger partial charge in [-0.1, -0.05) is 35.8 Å². The summed E-state index contributed by atoms with van der Waals surface area (Å²) in [6.45, 7) is 5.16. The molecular weight excluding hydrogens is 457 g/mol. The third-order valence-corrected chi connectivity index (χ3v) is 5.90. The standard InChI is InChI=1S/C12H14Cl2O3.C9H9N5O/c13-8-3-1-6(5-9(8)14)11(16)7-2-4-10(15)12(7)17;1-5(2)9(15)14-8-6-7(11-3-10-6)12-4-13-8/h1,3,5,7,10-12,15-17H,2,4H2;3-4H,1H2,2H3,(H2,10,11,12,13,14,15). The molecule has 2 aromatic heterocycles. The van der Waals surface area contributed by atoms with E-state index in [1.807, 2.05) is 0 Å². The van der Waals surface area contributed by atoms with Gasteiger partial charge in [0.2, 0.25) is 0 Å². The number of carbonyl (C=O) groups is 1. The highest BCUT2D eigenvalue weighted by Crippen LogP contribution is 2.37. The zero-order valence-corrected chi connectivity index (χ0v) is 18.7. The Morgan fingerprint density at radius 1 is 1.22 bits per heavy atom. The zero-order chi connectivity index (χ0) is 23.4. The minimum atomic E-state index is -0.889. The first-order valence-electron chi connectivity index (χ1n) is 9.79. The molecule has 1 aliphatic carbocycles. The van der Waals surface area contributed by atoms with Crippen molar-refractivity contribution in [2.75, 3.05) is 5.32 Å². The van der Waals surface area contributed by atoms with Crippen LogP contribution in [0.5, 0.6) is 0 Å². The van der Waals surface area contributed by atoms with Crippen molar-refractivity contribution in [2.45, 2.75) is 38.1 Å². The first-order valence-corrected chi connectivity index (χ1v) is 10.5. The predicted octanol–water partition coefficient (Wildman–Crippen LogP) is 3.03. The summed E-state index contributed by atoms with van der Waals surface area (Å²) >= 11 is 11.7. The second-order valence-electron chi connectivity index (χ2n) is 7.48. The number of nitrogens with one attached hydrogen (secondary N) is 2. The minimum Gasteiger partial charge on any atom is -0.390 e. The lowest BCUT2D eigenvalue weighted by Crippen LogP contribution is -2.28. The number of halogens is 2. The molecule has 0 radical (unpaired) electrons. The van der Waals surface area contributed by atoms with Gasteiger partial charge in [-0.25, -0.2) is 15.0 Å². The topological polar surface area (TPSA) is 144 Å². The van der Waals surface area contributed by atoms with Gasteiger partial charge in [0.15, 0.2) is 11.5 Å². The van der Waals surface area contributed by atoms with Crippen molar-refractivity contribution in [3.63, 3.8) is 0 Å². The molecular formula is C21H23Cl2N5O4. The summed E-state index contributed by atoms with van der Waals surface area (Å²) in [6, 6.07) is 4.88. The van der Waals surface area contributed by atoms with Crippen LogP contribution in [-0.4, -0.2) is 53.4 Å². The molecule has 1 aromatic carbocycles. The highest BCUT2D eigenvalue weighted by molar-refractivity contribution is 6.42. The van der Waals surface area contributed by atoms with E-state index < -0.39 is 18.3 Å². The molecule has 1 aliphatic rings. The van der Waals surface area contributed by atoms with Gasteiger partial charge in [0, 0.05) is 11.5 Å². The molecule has 4 unspecified atom stereocenters. The first-order chi connectivity index (χ1) is 15.2. The number of nitrogens with zero attached hydrogens (tertiary/aromatic N) is 3. The average Bonchev–Trinajstić information content (AvgIpc) is 3.37. The molecule has 9 nitrogen and oxygen atoms in total. The third kappa shape index (κ3) is 5.43. The number of aromatic amines is 1. The molecule has 1 amide bonds. The summed E-state index contributed by atoms with van der Waals surface area (Å²) in [5.41, 5.74) is 2.15. The average molecular weight is 480 g/mol. The molecule has 11 heteroatoms. The fraction of sp³-hybridized carbons (Fsp3) is 0.333. The van der Waals surface area contributed by atoms with Crippen LogP contribution in [0.4, 0.5) is 5.82 Å². The first kappa shape index (κ1) is 24.1. The number of carbonyl (C=O) groups excluding carboxylic acids is 1. The lowest BCUT2D eigenvalue weighted by molar-refractivity contribution is -0.112. The molecule has 0 bridgehead atoms. The number of hydrogen-bond acceptors (Lipinski definition) is 7. The van der Waals surface area contributed by atoms with Crippen molar-refractivity contribution in [2.24, 2.45) is 5.92 Å². The van der Waals surface area contributed by atoms with Crippen molar-refractivity contribution >= 4 is 46.1 Å². The van der Waals surface area contributed by atoms with Crippen LogP contribution in [0.3, 0.4) is 0 Å². The maximum atomic E-state index is 11.4. The predicted molar refractivity (Wildman–Crippen MR) is 121 cm³/mol. The fourth-order valence-corrected chi connectivity index (χ4v) is 3.66. The number of aromatic nitrogens is 4. The SMILES string of the molecule is C=C(C)C(=O)Nc1ncnc2nc[nH]c12.OC1CCC(C(O)c2ccc(Cl)c(Cl)c2)C1O. The van der Waals surface area contributed by atoms with Crippen molar-refractivity contribution in [1.29, 1.82) is 0 Å². The molecule has 170 valence electrons. The van der Waals surface area contributed by atoms with Crippen LogP contribution >= 0.6 is 23.2 Å². The molecule has 2 heterocycles. The maximum absolute atomic E-state index is 11.4. The number of fused-ring (bicyclic) bond motifs is 1. The van der Waals surface area contributed by atoms with E-state index in [-0.39, 0.29) is 11.8 Å². The summed E-state index contributed by atoms with van der Waals surface area (Å²) in [5.74, 6) is -0.225. The van der Waals surface area contributed by atoms with Crippen LogP contribution < -0.4 is 5.32 Å². The Balaban J connectivity index is 0.000000182. The maximum Gasteiger partial charge on any atom is 0.251 e. The van der Waals surface area contributed by atoms with Gasteiger partial charge in [-0.2, -0.15) is 0 Å². The summed E-state index contributed by atoms with van der Waals surface area (Å²) in [7, 11) is 0. The second-order valence-corrected chi connectivity index (χ2v) is 8.29. The van der Waals surface area contributed by atoms with Crippen LogP contribution in [-0.2, 0) is 4.79 Å². The van der Waals surface area contributed by atoms with Gasteiger partial charge in [0.25, 0.3) is 5.91 Å². The highest BCUT2D eigenvalue weighted by Gasteiger charge is 2.38. The molecule has 5 N–H and O–H groups in total. The molecule has 1 saturated carbocycles. The van der Waals surface area contributed by atoms with Crippen molar-refractivity contribution in [3.05, 3.63) is 58.6 Å². The molecule has 0 aliphatic heterocycles. The second kappa shape index (κ2) is 10.4. The number of aliphatic hydroxyl groups excluding tert-OH is 3. The monoisotopic (exact) mass is 479 g/mol. The van der Waals surface area contributed by atoms with Gasteiger partial charge in [0.1, 0.15) is 11.8 Å². The Kier molecular flexibility index (Phi) is 7.81. The highest BCUT2D eigenvalue weighted by atomic mass is 35.5.